The van der Waals surface area contributed by atoms with Crippen molar-refractivity contribution in [3.8, 4) is 0 Å². The van der Waals surface area contributed by atoms with Gasteiger partial charge in [-0.3, -0.25) is 0 Å². The fourth-order valence-corrected chi connectivity index (χ4v) is 4.63. The van der Waals surface area contributed by atoms with Crippen LogP contribution in [0.2, 0.25) is 0 Å². The number of sulfonamides is 1. The fraction of sp³-hybridized carbons (Fsp3) is 0.389. The minimum Gasteiger partial charge on any atom is -0.357 e. The second kappa shape index (κ2) is 7.95. The van der Waals surface area contributed by atoms with Crippen LogP contribution in [0, 0.1) is 5.82 Å². The zero-order chi connectivity index (χ0) is 19.5. The summed E-state index contributed by atoms with van der Waals surface area (Å²) in [6, 6.07) is 10.1. The van der Waals surface area contributed by atoms with Gasteiger partial charge >= 0.3 is 0 Å². The maximum Gasteiger partial charge on any atom is 0.247 e. The van der Waals surface area contributed by atoms with Crippen LogP contribution in [0.3, 0.4) is 0 Å². The third-order valence-electron chi connectivity index (χ3n) is 4.55. The Balaban J connectivity index is 1.66. The van der Waals surface area contributed by atoms with E-state index in [9.17, 15) is 12.8 Å². The molecule has 1 heterocycles. The molecule has 2 aromatic rings. The summed E-state index contributed by atoms with van der Waals surface area (Å²) >= 11 is 1.11. The highest BCUT2D eigenvalue weighted by Gasteiger charge is 2.45. The van der Waals surface area contributed by atoms with Gasteiger partial charge in [-0.25, -0.2) is 22.9 Å². The van der Waals surface area contributed by atoms with Crippen molar-refractivity contribution in [1.82, 2.24) is 10.6 Å². The third kappa shape index (κ3) is 4.85. The Morgan fingerprint density at radius 1 is 1.26 bits per heavy atom. The van der Waals surface area contributed by atoms with Crippen LogP contribution in [0.15, 0.2) is 45.6 Å². The first-order valence-electron chi connectivity index (χ1n) is 8.73. The molecule has 1 aromatic carbocycles. The van der Waals surface area contributed by atoms with E-state index >= 15 is 0 Å². The van der Waals surface area contributed by atoms with Crippen molar-refractivity contribution in [3.05, 3.63) is 52.7 Å². The Morgan fingerprint density at radius 3 is 2.59 bits per heavy atom. The number of hydrogen-bond acceptors (Lipinski definition) is 4. The molecule has 0 bridgehead atoms. The molecule has 0 amide bonds. The number of primary sulfonamides is 1. The molecule has 3 rings (SSSR count). The second-order valence-electron chi connectivity index (χ2n) is 6.57. The van der Waals surface area contributed by atoms with Crippen LogP contribution in [0.1, 0.15) is 30.2 Å². The summed E-state index contributed by atoms with van der Waals surface area (Å²) in [4.78, 5) is 5.30. The highest BCUT2D eigenvalue weighted by molar-refractivity contribution is 7.91. The first kappa shape index (κ1) is 19.8. The molecular formula is C18H23FN4O2S2. The predicted octanol–water partition coefficient (Wildman–Crippen LogP) is 2.32. The van der Waals surface area contributed by atoms with E-state index in [1.165, 1.54) is 12.1 Å². The molecule has 27 heavy (non-hydrogen) atoms. The van der Waals surface area contributed by atoms with Gasteiger partial charge in [0.2, 0.25) is 10.0 Å². The smallest absolute Gasteiger partial charge is 0.247 e. The van der Waals surface area contributed by atoms with E-state index in [2.05, 4.69) is 15.6 Å². The Labute approximate surface area is 162 Å². The van der Waals surface area contributed by atoms with Gasteiger partial charge in [-0.2, -0.15) is 0 Å². The quantitative estimate of drug-likeness (QED) is 0.482. The summed E-state index contributed by atoms with van der Waals surface area (Å²) < 4.78 is 37.0. The molecule has 0 spiro atoms. The van der Waals surface area contributed by atoms with Gasteiger partial charge in [0, 0.05) is 23.4 Å². The van der Waals surface area contributed by atoms with Gasteiger partial charge in [0.25, 0.3) is 0 Å². The van der Waals surface area contributed by atoms with Gasteiger partial charge in [-0.05, 0) is 43.5 Å². The average Bonchev–Trinajstić information content (AvgIpc) is 3.24. The minimum atomic E-state index is -3.68. The van der Waals surface area contributed by atoms with Gasteiger partial charge in [0.15, 0.2) is 5.96 Å². The average molecular weight is 411 g/mol. The van der Waals surface area contributed by atoms with Crippen molar-refractivity contribution in [3.63, 3.8) is 0 Å². The molecule has 9 heteroatoms. The Morgan fingerprint density at radius 2 is 2.00 bits per heavy atom. The summed E-state index contributed by atoms with van der Waals surface area (Å²) in [5.74, 6) is 0.443. The number of nitrogens with one attached hydrogen (secondary N) is 2. The lowest BCUT2D eigenvalue weighted by Crippen LogP contribution is -2.41. The van der Waals surface area contributed by atoms with Crippen LogP contribution in [0.5, 0.6) is 0 Å². The maximum atomic E-state index is 14.1. The number of aliphatic imine (C=N–C) groups is 1. The van der Waals surface area contributed by atoms with Crippen molar-refractivity contribution in [2.45, 2.75) is 35.9 Å². The fourth-order valence-electron chi connectivity index (χ4n) is 2.93. The van der Waals surface area contributed by atoms with E-state index < -0.39 is 10.0 Å². The molecular weight excluding hydrogens is 387 g/mol. The van der Waals surface area contributed by atoms with E-state index in [1.54, 1.807) is 12.1 Å². The molecule has 6 nitrogen and oxygen atoms in total. The maximum absolute atomic E-state index is 14.1. The number of benzene rings is 1. The Kier molecular flexibility index (Phi) is 5.83. The first-order chi connectivity index (χ1) is 12.8. The molecule has 0 saturated heterocycles. The number of hydrogen-bond donors (Lipinski definition) is 3. The normalized spacial score (nSPS) is 16.2. The van der Waals surface area contributed by atoms with Crippen molar-refractivity contribution < 1.29 is 12.8 Å². The van der Waals surface area contributed by atoms with Crippen LogP contribution >= 0.6 is 11.3 Å². The molecule has 0 radical (unpaired) electrons. The van der Waals surface area contributed by atoms with E-state index in [4.69, 9.17) is 5.14 Å². The minimum absolute atomic E-state index is 0.127. The van der Waals surface area contributed by atoms with E-state index in [1.807, 2.05) is 19.1 Å². The van der Waals surface area contributed by atoms with Crippen LogP contribution in [-0.2, 0) is 22.0 Å². The molecule has 1 aromatic heterocycles. The molecule has 1 aliphatic rings. The first-order valence-corrected chi connectivity index (χ1v) is 11.1. The van der Waals surface area contributed by atoms with Gasteiger partial charge in [0.1, 0.15) is 10.0 Å². The number of nitrogens with two attached hydrogens (primary N) is 1. The van der Waals surface area contributed by atoms with Gasteiger partial charge in [-0.15, -0.1) is 11.3 Å². The molecule has 0 atom stereocenters. The lowest BCUT2D eigenvalue weighted by Gasteiger charge is -2.19. The topological polar surface area (TPSA) is 96.6 Å². The van der Waals surface area contributed by atoms with Crippen LogP contribution in [0.25, 0.3) is 0 Å². The van der Waals surface area contributed by atoms with E-state index in [0.29, 0.717) is 25.6 Å². The molecule has 1 aliphatic carbocycles. The summed E-state index contributed by atoms with van der Waals surface area (Å²) in [6.07, 6.45) is 1.87. The van der Waals surface area contributed by atoms with Crippen LogP contribution in [0.4, 0.5) is 4.39 Å². The highest BCUT2D eigenvalue weighted by atomic mass is 32.2. The van der Waals surface area contributed by atoms with Crippen molar-refractivity contribution in [1.29, 1.82) is 0 Å². The highest BCUT2D eigenvalue weighted by Crippen LogP contribution is 2.48. The number of nitrogens with zero attached hydrogens (tertiary/aromatic N) is 1. The molecule has 0 aliphatic heterocycles. The SMILES string of the molecule is CCNC(=NCc1ccc(S(N)(=O)=O)s1)NCC1(c2ccccc2F)CC1. The summed E-state index contributed by atoms with van der Waals surface area (Å²) in [6.45, 7) is 3.57. The van der Waals surface area contributed by atoms with Crippen molar-refractivity contribution in [2.24, 2.45) is 10.1 Å². The number of thiophene rings is 1. The third-order valence-corrected chi connectivity index (χ3v) is 7.06. The Bertz CT molecular complexity index is 936. The van der Waals surface area contributed by atoms with Crippen molar-refractivity contribution >= 4 is 27.3 Å². The largest absolute Gasteiger partial charge is 0.357 e. The Hall–Kier alpha value is -1.97. The van der Waals surface area contributed by atoms with Gasteiger partial charge < -0.3 is 10.6 Å². The summed E-state index contributed by atoms with van der Waals surface area (Å²) in [7, 11) is -3.68. The monoisotopic (exact) mass is 410 g/mol. The van der Waals surface area contributed by atoms with Crippen LogP contribution < -0.4 is 15.8 Å². The predicted molar refractivity (Wildman–Crippen MR) is 106 cm³/mol. The zero-order valence-electron chi connectivity index (χ0n) is 15.0. The number of halogens is 1. The summed E-state index contributed by atoms with van der Waals surface area (Å²) in [5.41, 5.74) is 0.551. The van der Waals surface area contributed by atoms with Gasteiger partial charge in [0.05, 0.1) is 6.54 Å². The van der Waals surface area contributed by atoms with E-state index in [0.717, 1.165) is 34.6 Å². The summed E-state index contributed by atoms with van der Waals surface area (Å²) in [5, 5.41) is 11.6. The molecule has 146 valence electrons. The lowest BCUT2D eigenvalue weighted by molar-refractivity contribution is 0.559. The van der Waals surface area contributed by atoms with E-state index in [-0.39, 0.29) is 15.4 Å². The van der Waals surface area contributed by atoms with Crippen LogP contribution in [-0.4, -0.2) is 27.5 Å². The molecule has 1 fully saturated rings. The molecule has 4 N–H and O–H groups in total. The van der Waals surface area contributed by atoms with Gasteiger partial charge in [-0.1, -0.05) is 18.2 Å². The number of guanidine groups is 1. The molecule has 0 unspecified atom stereocenters. The second-order valence-corrected chi connectivity index (χ2v) is 9.53. The standard InChI is InChI=1S/C18H23FN4O2S2/c1-2-21-17(22-11-13-7-8-16(26-13)27(20,24)25)23-12-18(9-10-18)14-5-3-4-6-15(14)19/h3-8H,2,9-12H2,1H3,(H2,20,24,25)(H2,21,22,23). The lowest BCUT2D eigenvalue weighted by atomic mass is 9.95. The zero-order valence-corrected chi connectivity index (χ0v) is 16.7. The van der Waals surface area contributed by atoms with Crippen molar-refractivity contribution in [2.75, 3.05) is 13.1 Å². The molecule has 1 saturated carbocycles. The number of rotatable bonds is 7.